The standard InChI is InChI=1S/C24H33ClN2O3S/c1-19-11-12-21(31-19)16-27(15-20-9-6-5-7-10-20)22(28)17-26(13-8-14-30-4)23(29)24(2,3)18-25/h5-7,9-12H,8,13-18H2,1-4H3. The van der Waals surface area contributed by atoms with Crippen molar-refractivity contribution in [3.63, 3.8) is 0 Å². The summed E-state index contributed by atoms with van der Waals surface area (Å²) in [4.78, 5) is 32.3. The van der Waals surface area contributed by atoms with Gasteiger partial charge in [-0.25, -0.2) is 0 Å². The van der Waals surface area contributed by atoms with Crippen LogP contribution in [0.4, 0.5) is 0 Å². The van der Waals surface area contributed by atoms with E-state index in [-0.39, 0.29) is 24.2 Å². The third kappa shape index (κ3) is 7.95. The molecule has 0 unspecified atom stereocenters. The third-order valence-electron chi connectivity index (χ3n) is 5.01. The van der Waals surface area contributed by atoms with E-state index in [9.17, 15) is 9.59 Å². The van der Waals surface area contributed by atoms with Crippen LogP contribution in [0.15, 0.2) is 42.5 Å². The Bertz CT molecular complexity index is 838. The van der Waals surface area contributed by atoms with E-state index in [1.807, 2.05) is 49.1 Å². The van der Waals surface area contributed by atoms with Gasteiger partial charge in [0.25, 0.3) is 0 Å². The van der Waals surface area contributed by atoms with Crippen molar-refractivity contribution >= 4 is 34.8 Å². The van der Waals surface area contributed by atoms with Crippen LogP contribution in [-0.2, 0) is 27.4 Å². The third-order valence-corrected chi connectivity index (χ3v) is 6.67. The van der Waals surface area contributed by atoms with Gasteiger partial charge in [0.05, 0.1) is 18.5 Å². The lowest BCUT2D eigenvalue weighted by molar-refractivity contribution is -0.146. The molecule has 0 atom stereocenters. The van der Waals surface area contributed by atoms with Gasteiger partial charge < -0.3 is 14.5 Å². The molecule has 1 heterocycles. The minimum atomic E-state index is -0.732. The van der Waals surface area contributed by atoms with Gasteiger partial charge >= 0.3 is 0 Å². The van der Waals surface area contributed by atoms with E-state index < -0.39 is 5.41 Å². The summed E-state index contributed by atoms with van der Waals surface area (Å²) < 4.78 is 5.14. The van der Waals surface area contributed by atoms with E-state index in [2.05, 4.69) is 19.1 Å². The van der Waals surface area contributed by atoms with E-state index in [4.69, 9.17) is 16.3 Å². The molecule has 5 nitrogen and oxygen atoms in total. The van der Waals surface area contributed by atoms with E-state index in [0.29, 0.717) is 32.7 Å². The Morgan fingerprint density at radius 1 is 1.06 bits per heavy atom. The monoisotopic (exact) mass is 464 g/mol. The molecule has 2 aromatic rings. The SMILES string of the molecule is COCCCN(CC(=O)N(Cc1ccccc1)Cc1ccc(C)s1)C(=O)C(C)(C)CCl. The number of carbonyl (C=O) groups excluding carboxylic acids is 2. The highest BCUT2D eigenvalue weighted by atomic mass is 35.5. The Kier molecular flexibility index (Phi) is 10.0. The smallest absolute Gasteiger partial charge is 0.242 e. The van der Waals surface area contributed by atoms with Crippen LogP contribution in [0.2, 0.25) is 0 Å². The van der Waals surface area contributed by atoms with Gasteiger partial charge in [0.2, 0.25) is 11.8 Å². The molecule has 31 heavy (non-hydrogen) atoms. The molecule has 0 fully saturated rings. The summed E-state index contributed by atoms with van der Waals surface area (Å²) in [7, 11) is 1.63. The van der Waals surface area contributed by atoms with E-state index >= 15 is 0 Å². The van der Waals surface area contributed by atoms with E-state index in [1.165, 1.54) is 4.88 Å². The average Bonchev–Trinajstić information content (AvgIpc) is 3.17. The van der Waals surface area contributed by atoms with Crippen LogP contribution in [0, 0.1) is 12.3 Å². The van der Waals surface area contributed by atoms with Crippen molar-refractivity contribution in [1.82, 2.24) is 9.80 Å². The molecular weight excluding hydrogens is 432 g/mol. The lowest BCUT2D eigenvalue weighted by atomic mass is 9.94. The maximum absolute atomic E-state index is 13.4. The zero-order valence-electron chi connectivity index (χ0n) is 18.9. The fourth-order valence-electron chi connectivity index (χ4n) is 3.19. The Labute approximate surface area is 194 Å². The first kappa shape index (κ1) is 25.4. The molecule has 0 N–H and O–H groups in total. The molecule has 170 valence electrons. The minimum Gasteiger partial charge on any atom is -0.385 e. The lowest BCUT2D eigenvalue weighted by Gasteiger charge is -2.32. The van der Waals surface area contributed by atoms with Crippen molar-refractivity contribution in [1.29, 1.82) is 0 Å². The second-order valence-corrected chi connectivity index (χ2v) is 9.98. The fraction of sp³-hybridized carbons (Fsp3) is 0.500. The summed E-state index contributed by atoms with van der Waals surface area (Å²) in [5, 5.41) is 0. The number of hydrogen-bond acceptors (Lipinski definition) is 4. The first-order valence-electron chi connectivity index (χ1n) is 10.5. The molecule has 2 amide bonds. The number of aryl methyl sites for hydroxylation is 1. The molecule has 0 saturated heterocycles. The number of carbonyl (C=O) groups is 2. The van der Waals surface area contributed by atoms with Gasteiger partial charge in [-0.1, -0.05) is 30.3 Å². The van der Waals surface area contributed by atoms with Gasteiger partial charge in [0, 0.05) is 42.4 Å². The maximum Gasteiger partial charge on any atom is 0.242 e. The van der Waals surface area contributed by atoms with Gasteiger partial charge in [-0.05, 0) is 44.9 Å². The molecule has 0 aliphatic heterocycles. The number of ether oxygens (including phenoxy) is 1. The predicted molar refractivity (Wildman–Crippen MR) is 127 cm³/mol. The van der Waals surface area contributed by atoms with E-state index in [0.717, 1.165) is 10.4 Å². The average molecular weight is 465 g/mol. The Hall–Kier alpha value is -1.89. The highest BCUT2D eigenvalue weighted by Gasteiger charge is 2.33. The molecule has 0 spiro atoms. The van der Waals surface area contributed by atoms with Crippen LogP contribution in [0.5, 0.6) is 0 Å². The maximum atomic E-state index is 13.4. The second kappa shape index (κ2) is 12.2. The van der Waals surface area contributed by atoms with Gasteiger partial charge in [-0.15, -0.1) is 22.9 Å². The molecule has 7 heteroatoms. The van der Waals surface area contributed by atoms with Crippen molar-refractivity contribution in [3.8, 4) is 0 Å². The molecule has 0 bridgehead atoms. The van der Waals surface area contributed by atoms with Gasteiger partial charge in [-0.3, -0.25) is 9.59 Å². The number of nitrogens with zero attached hydrogens (tertiary/aromatic N) is 2. The number of benzene rings is 1. The predicted octanol–water partition coefficient (Wildman–Crippen LogP) is 4.72. The molecule has 0 saturated carbocycles. The number of hydrogen-bond donors (Lipinski definition) is 0. The Morgan fingerprint density at radius 3 is 2.35 bits per heavy atom. The van der Waals surface area contributed by atoms with Gasteiger partial charge in [0.1, 0.15) is 0 Å². The summed E-state index contributed by atoms with van der Waals surface area (Å²) in [5.41, 5.74) is 0.326. The minimum absolute atomic E-state index is 0.0278. The second-order valence-electron chi connectivity index (χ2n) is 8.34. The molecular formula is C24H33ClN2O3S. The number of methoxy groups -OCH3 is 1. The number of amides is 2. The fourth-order valence-corrected chi connectivity index (χ4v) is 4.22. The topological polar surface area (TPSA) is 49.9 Å². The van der Waals surface area contributed by atoms with Crippen molar-refractivity contribution in [2.24, 2.45) is 5.41 Å². The highest BCUT2D eigenvalue weighted by molar-refractivity contribution is 7.11. The number of halogens is 1. The van der Waals surface area contributed by atoms with E-state index in [1.54, 1.807) is 23.3 Å². The number of rotatable bonds is 12. The molecule has 1 aromatic heterocycles. The molecule has 0 aliphatic carbocycles. The Morgan fingerprint density at radius 2 is 1.77 bits per heavy atom. The van der Waals surface area contributed by atoms with Gasteiger partial charge in [-0.2, -0.15) is 0 Å². The summed E-state index contributed by atoms with van der Waals surface area (Å²) in [6.45, 7) is 7.71. The Balaban J connectivity index is 2.20. The summed E-state index contributed by atoms with van der Waals surface area (Å²) in [6, 6.07) is 14.0. The largest absolute Gasteiger partial charge is 0.385 e. The molecule has 0 aliphatic rings. The van der Waals surface area contributed by atoms with Crippen LogP contribution in [0.1, 0.15) is 35.6 Å². The first-order chi connectivity index (χ1) is 14.8. The first-order valence-corrected chi connectivity index (χ1v) is 11.8. The normalized spacial score (nSPS) is 11.4. The molecule has 1 aromatic carbocycles. The van der Waals surface area contributed by atoms with Crippen LogP contribution >= 0.6 is 22.9 Å². The van der Waals surface area contributed by atoms with Crippen LogP contribution in [0.3, 0.4) is 0 Å². The number of alkyl halides is 1. The zero-order valence-corrected chi connectivity index (χ0v) is 20.5. The lowest BCUT2D eigenvalue weighted by Crippen LogP contribution is -2.48. The summed E-state index contributed by atoms with van der Waals surface area (Å²) >= 11 is 7.73. The van der Waals surface area contributed by atoms with Crippen molar-refractivity contribution in [2.45, 2.75) is 40.3 Å². The molecule has 2 rings (SSSR count). The summed E-state index contributed by atoms with van der Waals surface area (Å²) in [5.74, 6) is 0.00726. The summed E-state index contributed by atoms with van der Waals surface area (Å²) in [6.07, 6.45) is 0.663. The van der Waals surface area contributed by atoms with Crippen LogP contribution in [0.25, 0.3) is 0 Å². The molecule has 0 radical (unpaired) electrons. The zero-order chi connectivity index (χ0) is 22.9. The number of thiophene rings is 1. The highest BCUT2D eigenvalue weighted by Crippen LogP contribution is 2.22. The van der Waals surface area contributed by atoms with Gasteiger partial charge in [0.15, 0.2) is 0 Å². The van der Waals surface area contributed by atoms with Crippen LogP contribution < -0.4 is 0 Å². The van der Waals surface area contributed by atoms with Crippen molar-refractivity contribution in [2.75, 3.05) is 32.7 Å². The van der Waals surface area contributed by atoms with Crippen LogP contribution in [-0.4, -0.2) is 54.3 Å². The van der Waals surface area contributed by atoms with Crippen molar-refractivity contribution < 1.29 is 14.3 Å². The van der Waals surface area contributed by atoms with Crippen molar-refractivity contribution in [3.05, 3.63) is 57.8 Å². The quantitative estimate of drug-likeness (QED) is 0.337.